The van der Waals surface area contributed by atoms with Crippen molar-refractivity contribution in [3.05, 3.63) is 46.8 Å². The van der Waals surface area contributed by atoms with E-state index in [1.54, 1.807) is 11.3 Å². The predicted octanol–water partition coefficient (Wildman–Crippen LogP) is 3.47. The van der Waals surface area contributed by atoms with E-state index in [9.17, 15) is 4.79 Å². The van der Waals surface area contributed by atoms with Crippen LogP contribution in [-0.2, 0) is 0 Å². The van der Waals surface area contributed by atoms with E-state index in [0.717, 1.165) is 15.3 Å². The molecule has 1 aromatic carbocycles. The highest BCUT2D eigenvalue weighted by molar-refractivity contribution is 7.15. The molecule has 1 heterocycles. The molecule has 3 heteroatoms. The Balaban J connectivity index is 2.30. The lowest BCUT2D eigenvalue weighted by molar-refractivity contribution is 0.0958. The quantitative estimate of drug-likeness (QED) is 0.784. The molecule has 0 radical (unpaired) electrons. The minimum absolute atomic E-state index is 0.191. The molecular formula is C15H17NOS. The maximum absolute atomic E-state index is 12.1. The molecule has 0 aliphatic rings. The largest absolute Gasteiger partial charge is 0.302 e. The summed E-state index contributed by atoms with van der Waals surface area (Å²) in [6.45, 7) is 2.48. The Morgan fingerprint density at radius 2 is 1.89 bits per heavy atom. The second-order valence-electron chi connectivity index (χ2n) is 4.61. The highest BCUT2D eigenvalue weighted by Crippen LogP contribution is 2.31. The molecule has 0 amide bonds. The number of hydrogen-bond donors (Lipinski definition) is 0. The van der Waals surface area contributed by atoms with Gasteiger partial charge in [0.15, 0.2) is 5.78 Å². The van der Waals surface area contributed by atoms with Crippen LogP contribution in [0.2, 0.25) is 0 Å². The summed E-state index contributed by atoms with van der Waals surface area (Å²) in [5, 5.41) is 0. The number of carbonyl (C=O) groups is 1. The number of thiophene rings is 1. The number of carbonyl (C=O) groups excluding carboxylic acids is 1. The molecular weight excluding hydrogens is 242 g/mol. The van der Waals surface area contributed by atoms with Gasteiger partial charge in [-0.25, -0.2) is 0 Å². The fraction of sp³-hybridized carbons (Fsp3) is 0.267. The molecule has 0 saturated heterocycles. The van der Waals surface area contributed by atoms with E-state index in [2.05, 4.69) is 12.1 Å². The Kier molecular flexibility index (Phi) is 3.94. The molecule has 0 spiro atoms. The molecule has 0 N–H and O–H groups in total. The van der Waals surface area contributed by atoms with E-state index in [0.29, 0.717) is 6.54 Å². The monoisotopic (exact) mass is 259 g/mol. The maximum atomic E-state index is 12.1. The van der Waals surface area contributed by atoms with Gasteiger partial charge in [0.2, 0.25) is 0 Å². The van der Waals surface area contributed by atoms with Gasteiger partial charge in [0, 0.05) is 15.3 Å². The van der Waals surface area contributed by atoms with Crippen LogP contribution in [0.4, 0.5) is 0 Å². The summed E-state index contributed by atoms with van der Waals surface area (Å²) in [6.07, 6.45) is 0. The van der Waals surface area contributed by atoms with E-state index in [-0.39, 0.29) is 5.78 Å². The average Bonchev–Trinajstić information content (AvgIpc) is 2.72. The third kappa shape index (κ3) is 2.86. The average molecular weight is 259 g/mol. The first-order valence-electron chi connectivity index (χ1n) is 5.91. The molecule has 1 aromatic heterocycles. The SMILES string of the molecule is Cc1sc(-c2ccccc2)cc1C(=O)CN(C)C. The first-order valence-corrected chi connectivity index (χ1v) is 6.73. The molecule has 2 aromatic rings. The molecule has 0 unspecified atom stereocenters. The molecule has 0 fully saturated rings. The van der Waals surface area contributed by atoms with E-state index < -0.39 is 0 Å². The van der Waals surface area contributed by atoms with Gasteiger partial charge >= 0.3 is 0 Å². The number of nitrogens with zero attached hydrogens (tertiary/aromatic N) is 1. The van der Waals surface area contributed by atoms with Gasteiger partial charge in [0.1, 0.15) is 0 Å². The lowest BCUT2D eigenvalue weighted by Crippen LogP contribution is -2.21. The van der Waals surface area contributed by atoms with Crippen LogP contribution in [0.3, 0.4) is 0 Å². The summed E-state index contributed by atoms with van der Waals surface area (Å²) < 4.78 is 0. The molecule has 2 nitrogen and oxygen atoms in total. The van der Waals surface area contributed by atoms with Gasteiger partial charge in [-0.15, -0.1) is 11.3 Å². The third-order valence-corrected chi connectivity index (χ3v) is 3.84. The lowest BCUT2D eigenvalue weighted by atomic mass is 10.1. The topological polar surface area (TPSA) is 20.3 Å². The summed E-state index contributed by atoms with van der Waals surface area (Å²) in [6, 6.07) is 12.2. The Bertz CT molecular complexity index is 543. The van der Waals surface area contributed by atoms with E-state index in [1.165, 1.54) is 5.56 Å². The van der Waals surface area contributed by atoms with Crippen molar-refractivity contribution >= 4 is 17.1 Å². The zero-order chi connectivity index (χ0) is 13.1. The summed E-state index contributed by atoms with van der Waals surface area (Å²) >= 11 is 1.68. The van der Waals surface area contributed by atoms with Crippen molar-refractivity contribution < 1.29 is 4.79 Å². The van der Waals surface area contributed by atoms with Crippen molar-refractivity contribution in [2.75, 3.05) is 20.6 Å². The number of ketones is 1. The number of likely N-dealkylation sites (N-methyl/N-ethyl adjacent to an activating group) is 1. The smallest absolute Gasteiger partial charge is 0.177 e. The van der Waals surface area contributed by atoms with Crippen LogP contribution in [0.1, 0.15) is 15.2 Å². The lowest BCUT2D eigenvalue weighted by Gasteiger charge is -2.07. The van der Waals surface area contributed by atoms with Gasteiger partial charge < -0.3 is 4.90 Å². The zero-order valence-corrected chi connectivity index (χ0v) is 11.8. The van der Waals surface area contributed by atoms with Crippen LogP contribution >= 0.6 is 11.3 Å². The van der Waals surface area contributed by atoms with Crippen molar-refractivity contribution in [2.24, 2.45) is 0 Å². The molecule has 18 heavy (non-hydrogen) atoms. The van der Waals surface area contributed by atoms with Crippen molar-refractivity contribution in [3.8, 4) is 10.4 Å². The van der Waals surface area contributed by atoms with Gasteiger partial charge in [-0.3, -0.25) is 4.79 Å². The molecule has 0 atom stereocenters. The van der Waals surface area contributed by atoms with Crippen molar-refractivity contribution in [1.29, 1.82) is 0 Å². The van der Waals surface area contributed by atoms with Gasteiger partial charge in [-0.1, -0.05) is 30.3 Å². The number of benzene rings is 1. The Morgan fingerprint density at radius 3 is 2.50 bits per heavy atom. The van der Waals surface area contributed by atoms with Gasteiger partial charge in [-0.2, -0.15) is 0 Å². The van der Waals surface area contributed by atoms with E-state index >= 15 is 0 Å². The fourth-order valence-corrected chi connectivity index (χ4v) is 2.92. The predicted molar refractivity (Wildman–Crippen MR) is 77.4 cm³/mol. The highest BCUT2D eigenvalue weighted by atomic mass is 32.1. The number of rotatable bonds is 4. The number of Topliss-reactive ketones (excluding diaryl/α,β-unsaturated/α-hetero) is 1. The van der Waals surface area contributed by atoms with Crippen LogP contribution in [0.5, 0.6) is 0 Å². The first-order chi connectivity index (χ1) is 8.58. The molecule has 94 valence electrons. The third-order valence-electron chi connectivity index (χ3n) is 2.74. The van der Waals surface area contributed by atoms with E-state index in [4.69, 9.17) is 0 Å². The summed E-state index contributed by atoms with van der Waals surface area (Å²) in [7, 11) is 3.83. The van der Waals surface area contributed by atoms with Gasteiger partial charge in [0.25, 0.3) is 0 Å². The summed E-state index contributed by atoms with van der Waals surface area (Å²) in [5.74, 6) is 0.191. The normalized spacial score (nSPS) is 10.9. The Morgan fingerprint density at radius 1 is 1.22 bits per heavy atom. The molecule has 2 rings (SSSR count). The fourth-order valence-electron chi connectivity index (χ4n) is 1.88. The van der Waals surface area contributed by atoms with Gasteiger partial charge in [-0.05, 0) is 32.6 Å². The molecule has 0 saturated carbocycles. The summed E-state index contributed by atoms with van der Waals surface area (Å²) in [4.78, 5) is 16.3. The maximum Gasteiger partial charge on any atom is 0.177 e. The highest BCUT2D eigenvalue weighted by Gasteiger charge is 2.14. The number of hydrogen-bond acceptors (Lipinski definition) is 3. The van der Waals surface area contributed by atoms with Crippen LogP contribution in [0.25, 0.3) is 10.4 Å². The second kappa shape index (κ2) is 5.46. The molecule has 0 aliphatic carbocycles. The second-order valence-corrected chi connectivity index (χ2v) is 5.86. The van der Waals surface area contributed by atoms with Crippen molar-refractivity contribution in [1.82, 2.24) is 4.90 Å². The minimum atomic E-state index is 0.191. The van der Waals surface area contributed by atoms with Gasteiger partial charge in [0.05, 0.1) is 6.54 Å². The number of aryl methyl sites for hydroxylation is 1. The Hall–Kier alpha value is -1.45. The molecule has 0 aliphatic heterocycles. The minimum Gasteiger partial charge on any atom is -0.302 e. The van der Waals surface area contributed by atoms with Crippen LogP contribution in [0.15, 0.2) is 36.4 Å². The summed E-state index contributed by atoms with van der Waals surface area (Å²) in [5.41, 5.74) is 2.03. The van der Waals surface area contributed by atoms with Crippen LogP contribution in [0, 0.1) is 6.92 Å². The standard InChI is InChI=1S/C15H17NOS/c1-11-13(14(17)10-16(2)3)9-15(18-11)12-7-5-4-6-8-12/h4-9H,10H2,1-3H3. The molecule has 0 bridgehead atoms. The zero-order valence-electron chi connectivity index (χ0n) is 10.9. The van der Waals surface area contributed by atoms with Crippen LogP contribution in [-0.4, -0.2) is 31.3 Å². The van der Waals surface area contributed by atoms with Crippen molar-refractivity contribution in [3.63, 3.8) is 0 Å². The Labute approximate surface area is 112 Å². The first kappa shape index (κ1) is 13.0. The van der Waals surface area contributed by atoms with E-state index in [1.807, 2.05) is 50.2 Å². The van der Waals surface area contributed by atoms with Crippen molar-refractivity contribution in [2.45, 2.75) is 6.92 Å². The van der Waals surface area contributed by atoms with Crippen LogP contribution < -0.4 is 0 Å².